The zero-order valence-electron chi connectivity index (χ0n) is 7.52. The van der Waals surface area contributed by atoms with Crippen LogP contribution in [-0.2, 0) is 0 Å². The Morgan fingerprint density at radius 1 is 1.43 bits per heavy atom. The van der Waals surface area contributed by atoms with Crippen LogP contribution >= 0.6 is 11.6 Å². The van der Waals surface area contributed by atoms with Crippen molar-refractivity contribution in [2.75, 3.05) is 5.88 Å². The quantitative estimate of drug-likeness (QED) is 0.462. The number of hydrogen-bond donors (Lipinski definition) is 1. The summed E-state index contributed by atoms with van der Waals surface area (Å²) in [5.74, 6) is -1.56. The Balaban J connectivity index is 3.21. The van der Waals surface area contributed by atoms with Crippen molar-refractivity contribution in [3.63, 3.8) is 0 Å². The second-order valence-electron chi connectivity index (χ2n) is 2.81. The third kappa shape index (κ3) is 2.42. The van der Waals surface area contributed by atoms with Gasteiger partial charge in [0.25, 0.3) is 0 Å². The van der Waals surface area contributed by atoms with Crippen LogP contribution in [0.1, 0.15) is 5.56 Å². The van der Waals surface area contributed by atoms with Crippen LogP contribution in [-0.4, -0.2) is 11.7 Å². The van der Waals surface area contributed by atoms with Crippen molar-refractivity contribution >= 4 is 23.1 Å². The van der Waals surface area contributed by atoms with Gasteiger partial charge in [0.2, 0.25) is 0 Å². The highest BCUT2D eigenvalue weighted by molar-refractivity contribution is 6.28. The van der Waals surface area contributed by atoms with Crippen molar-refractivity contribution in [2.45, 2.75) is 6.92 Å². The number of nitrogens with two attached hydrogens (primary N) is 1. The van der Waals surface area contributed by atoms with Gasteiger partial charge in [0.05, 0.1) is 5.88 Å². The maximum absolute atomic E-state index is 13.2. The number of alkyl halides is 1. The molecule has 1 rings (SSSR count). The van der Waals surface area contributed by atoms with E-state index in [0.29, 0.717) is 5.56 Å². The van der Waals surface area contributed by atoms with Gasteiger partial charge in [0.15, 0.2) is 11.6 Å². The molecule has 0 unspecified atom stereocenters. The molecular formula is C9H9ClF2N2. The first kappa shape index (κ1) is 10.9. The molecule has 2 N–H and O–H groups in total. The lowest BCUT2D eigenvalue weighted by Gasteiger charge is -2.01. The molecule has 0 atom stereocenters. The van der Waals surface area contributed by atoms with Gasteiger partial charge >= 0.3 is 0 Å². The molecule has 5 heteroatoms. The van der Waals surface area contributed by atoms with Gasteiger partial charge in [-0.05, 0) is 24.6 Å². The molecule has 0 fully saturated rings. The molecule has 1 aromatic carbocycles. The molecule has 14 heavy (non-hydrogen) atoms. The van der Waals surface area contributed by atoms with E-state index in [1.54, 1.807) is 6.92 Å². The molecule has 0 saturated carbocycles. The minimum atomic E-state index is -0.740. The van der Waals surface area contributed by atoms with Gasteiger partial charge in [-0.2, -0.15) is 0 Å². The smallest absolute Gasteiger partial charge is 0.152 e. The van der Waals surface area contributed by atoms with Gasteiger partial charge in [0, 0.05) is 0 Å². The van der Waals surface area contributed by atoms with Crippen molar-refractivity contribution in [3.05, 3.63) is 29.3 Å². The summed E-state index contributed by atoms with van der Waals surface area (Å²) in [5.41, 5.74) is 5.36. The van der Waals surface area contributed by atoms with Crippen LogP contribution in [0.4, 0.5) is 14.5 Å². The molecule has 0 aromatic heterocycles. The fraction of sp³-hybridized carbons (Fsp3) is 0.222. The number of halogens is 3. The molecular weight excluding hydrogens is 210 g/mol. The first-order valence-corrected chi connectivity index (χ1v) is 4.42. The van der Waals surface area contributed by atoms with Crippen LogP contribution in [0, 0.1) is 18.6 Å². The van der Waals surface area contributed by atoms with Crippen molar-refractivity contribution in [3.8, 4) is 0 Å². The summed E-state index contributed by atoms with van der Waals surface area (Å²) in [7, 11) is 0. The topological polar surface area (TPSA) is 38.4 Å². The lowest BCUT2D eigenvalue weighted by Crippen LogP contribution is -2.12. The Labute approximate surface area is 85.4 Å². The number of benzene rings is 1. The third-order valence-electron chi connectivity index (χ3n) is 1.55. The maximum atomic E-state index is 13.2. The Morgan fingerprint density at radius 2 is 1.93 bits per heavy atom. The van der Waals surface area contributed by atoms with E-state index in [2.05, 4.69) is 4.99 Å². The van der Waals surface area contributed by atoms with Crippen molar-refractivity contribution in [1.29, 1.82) is 0 Å². The number of amidine groups is 1. The van der Waals surface area contributed by atoms with Gasteiger partial charge < -0.3 is 5.73 Å². The highest BCUT2D eigenvalue weighted by atomic mass is 35.5. The average Bonchev–Trinajstić information content (AvgIpc) is 2.10. The molecule has 0 saturated heterocycles. The van der Waals surface area contributed by atoms with Crippen molar-refractivity contribution in [1.82, 2.24) is 0 Å². The van der Waals surface area contributed by atoms with Crippen LogP contribution in [0.5, 0.6) is 0 Å². The van der Waals surface area contributed by atoms with Crippen molar-refractivity contribution < 1.29 is 8.78 Å². The van der Waals surface area contributed by atoms with E-state index < -0.39 is 17.3 Å². The Bertz CT molecular complexity index is 354. The van der Waals surface area contributed by atoms with Crippen LogP contribution in [0.3, 0.4) is 0 Å². The molecule has 0 aliphatic heterocycles. The fourth-order valence-corrected chi connectivity index (χ4v) is 1.03. The second kappa shape index (κ2) is 4.37. The lowest BCUT2D eigenvalue weighted by atomic mass is 10.2. The summed E-state index contributed by atoms with van der Waals surface area (Å²) in [6, 6.07) is 2.37. The van der Waals surface area contributed by atoms with Crippen LogP contribution in [0.25, 0.3) is 0 Å². The lowest BCUT2D eigenvalue weighted by molar-refractivity contribution is 0.585. The van der Waals surface area contributed by atoms with Crippen LogP contribution in [0.15, 0.2) is 17.1 Å². The fourth-order valence-electron chi connectivity index (χ4n) is 0.973. The molecule has 0 radical (unpaired) electrons. The summed E-state index contributed by atoms with van der Waals surface area (Å²) in [6.45, 7) is 1.59. The number of nitrogens with zero attached hydrogens (tertiary/aromatic N) is 1. The number of hydrogen-bond acceptors (Lipinski definition) is 1. The van der Waals surface area contributed by atoms with Gasteiger partial charge in [-0.1, -0.05) is 0 Å². The largest absolute Gasteiger partial charge is 0.386 e. The van der Waals surface area contributed by atoms with Crippen molar-refractivity contribution in [2.24, 2.45) is 10.7 Å². The monoisotopic (exact) mass is 218 g/mol. The predicted octanol–water partition coefficient (Wildman–Crippen LogP) is 2.50. The number of aryl methyl sites for hydroxylation is 1. The van der Waals surface area contributed by atoms with Crippen LogP contribution < -0.4 is 5.73 Å². The SMILES string of the molecule is Cc1cc(F)c(N=C(N)CCl)c(F)c1. The summed E-state index contributed by atoms with van der Waals surface area (Å²) in [5, 5.41) is 0. The van der Waals surface area contributed by atoms with Gasteiger partial charge in [-0.15, -0.1) is 11.6 Å². The third-order valence-corrected chi connectivity index (χ3v) is 1.83. The van der Waals surface area contributed by atoms with E-state index in [1.807, 2.05) is 0 Å². The first-order valence-electron chi connectivity index (χ1n) is 3.89. The minimum absolute atomic E-state index is 0.0201. The first-order chi connectivity index (χ1) is 6.54. The summed E-state index contributed by atoms with van der Waals surface area (Å²) in [6.07, 6.45) is 0. The molecule has 0 aliphatic carbocycles. The Morgan fingerprint density at radius 3 is 2.36 bits per heavy atom. The molecule has 76 valence electrons. The van der Waals surface area contributed by atoms with Crippen LogP contribution in [0.2, 0.25) is 0 Å². The average molecular weight is 219 g/mol. The molecule has 2 nitrogen and oxygen atoms in total. The summed E-state index contributed by atoms with van der Waals surface area (Å²) < 4.78 is 26.3. The molecule has 0 heterocycles. The van der Waals surface area contributed by atoms with Gasteiger partial charge in [-0.3, -0.25) is 0 Å². The molecule has 0 aliphatic rings. The number of aliphatic imine (C=N–C) groups is 1. The standard InChI is InChI=1S/C9H9ClF2N2/c1-5-2-6(11)9(7(12)3-5)14-8(13)4-10/h2-3H,4H2,1H3,(H2,13,14). The molecule has 0 amide bonds. The van der Waals surface area contributed by atoms with E-state index in [4.69, 9.17) is 17.3 Å². The summed E-state index contributed by atoms with van der Waals surface area (Å²) in [4.78, 5) is 3.53. The predicted molar refractivity (Wildman–Crippen MR) is 53.1 cm³/mol. The normalized spacial score (nSPS) is 11.9. The maximum Gasteiger partial charge on any atom is 0.152 e. The van der Waals surface area contributed by atoms with E-state index >= 15 is 0 Å². The zero-order valence-corrected chi connectivity index (χ0v) is 8.28. The second-order valence-corrected chi connectivity index (χ2v) is 3.08. The van der Waals surface area contributed by atoms with Gasteiger partial charge in [-0.25, -0.2) is 13.8 Å². The Kier molecular flexibility index (Phi) is 3.41. The Hall–Kier alpha value is -1.16. The minimum Gasteiger partial charge on any atom is -0.386 e. The van der Waals surface area contributed by atoms with E-state index in [-0.39, 0.29) is 11.7 Å². The highest BCUT2D eigenvalue weighted by Crippen LogP contribution is 2.23. The van der Waals surface area contributed by atoms with E-state index in [9.17, 15) is 8.78 Å². The molecule has 0 spiro atoms. The number of rotatable bonds is 2. The summed E-state index contributed by atoms with van der Waals surface area (Å²) >= 11 is 5.34. The van der Waals surface area contributed by atoms with E-state index in [1.165, 1.54) is 12.1 Å². The highest BCUT2D eigenvalue weighted by Gasteiger charge is 2.09. The zero-order chi connectivity index (χ0) is 10.7. The molecule has 0 bridgehead atoms. The molecule has 1 aromatic rings. The van der Waals surface area contributed by atoms with E-state index in [0.717, 1.165) is 0 Å². The van der Waals surface area contributed by atoms with Gasteiger partial charge in [0.1, 0.15) is 11.5 Å².